The third kappa shape index (κ3) is 4.55. The zero-order valence-electron chi connectivity index (χ0n) is 15.2. The van der Waals surface area contributed by atoms with Crippen molar-refractivity contribution in [3.63, 3.8) is 0 Å². The van der Waals surface area contributed by atoms with E-state index in [0.29, 0.717) is 24.4 Å². The van der Waals surface area contributed by atoms with E-state index in [-0.39, 0.29) is 30.6 Å². The van der Waals surface area contributed by atoms with Gasteiger partial charge in [-0.15, -0.1) is 0 Å². The molecule has 0 saturated carbocycles. The van der Waals surface area contributed by atoms with Crippen LogP contribution in [-0.2, 0) is 14.2 Å². The van der Waals surface area contributed by atoms with Gasteiger partial charge in [-0.2, -0.15) is 0 Å². The molecule has 0 radical (unpaired) electrons. The highest BCUT2D eigenvalue weighted by Crippen LogP contribution is 2.29. The van der Waals surface area contributed by atoms with Crippen molar-refractivity contribution in [3.05, 3.63) is 29.8 Å². The van der Waals surface area contributed by atoms with Crippen molar-refractivity contribution >= 4 is 23.6 Å². The SMILES string of the molecule is CCNC(=O)N[C@H]1CO[C@H]2[C@@H]1OC[C@H]2OC(=O)Nc1ccc(C(C)=O)cc1. The summed E-state index contributed by atoms with van der Waals surface area (Å²) in [5.74, 6) is -0.0487. The van der Waals surface area contributed by atoms with Gasteiger partial charge < -0.3 is 24.8 Å². The lowest BCUT2D eigenvalue weighted by Crippen LogP contribution is -2.48. The van der Waals surface area contributed by atoms with E-state index >= 15 is 0 Å². The lowest BCUT2D eigenvalue weighted by atomic mass is 10.1. The fourth-order valence-corrected chi connectivity index (χ4v) is 3.14. The van der Waals surface area contributed by atoms with Gasteiger partial charge in [0.2, 0.25) is 0 Å². The fraction of sp³-hybridized carbons (Fsp3) is 0.500. The summed E-state index contributed by atoms with van der Waals surface area (Å²) in [7, 11) is 0. The Hall–Kier alpha value is -2.65. The molecule has 27 heavy (non-hydrogen) atoms. The summed E-state index contributed by atoms with van der Waals surface area (Å²) >= 11 is 0. The maximum Gasteiger partial charge on any atom is 0.412 e. The average Bonchev–Trinajstić information content (AvgIpc) is 3.19. The molecule has 2 saturated heterocycles. The van der Waals surface area contributed by atoms with Gasteiger partial charge in [0.25, 0.3) is 0 Å². The highest BCUT2D eigenvalue weighted by molar-refractivity contribution is 5.95. The van der Waals surface area contributed by atoms with E-state index in [2.05, 4.69) is 16.0 Å². The van der Waals surface area contributed by atoms with Crippen molar-refractivity contribution in [1.29, 1.82) is 0 Å². The molecule has 3 amide bonds. The van der Waals surface area contributed by atoms with Crippen molar-refractivity contribution in [3.8, 4) is 0 Å². The van der Waals surface area contributed by atoms with Crippen LogP contribution in [0.3, 0.4) is 0 Å². The standard InChI is InChI=1S/C18H23N3O6/c1-3-19-17(23)21-13-8-25-16-14(9-26-15(13)16)27-18(24)20-12-6-4-11(5-7-12)10(2)22/h4-7,13-16H,3,8-9H2,1-2H3,(H,20,24)(H2,19,21,23)/t13-,14+,15+,16+/m0/s1. The second kappa shape index (κ2) is 8.36. The Kier molecular flexibility index (Phi) is 5.92. The summed E-state index contributed by atoms with van der Waals surface area (Å²) in [6.07, 6.45) is -1.99. The molecule has 0 bridgehead atoms. The molecule has 9 nitrogen and oxygen atoms in total. The van der Waals surface area contributed by atoms with Gasteiger partial charge in [0.15, 0.2) is 11.9 Å². The normalized spacial score (nSPS) is 26.1. The van der Waals surface area contributed by atoms with E-state index in [4.69, 9.17) is 14.2 Å². The lowest BCUT2D eigenvalue weighted by molar-refractivity contribution is 0.00872. The highest BCUT2D eigenvalue weighted by Gasteiger charge is 2.50. The molecule has 0 aliphatic carbocycles. The second-order valence-corrected chi connectivity index (χ2v) is 6.41. The Morgan fingerprint density at radius 2 is 1.81 bits per heavy atom. The van der Waals surface area contributed by atoms with E-state index in [1.165, 1.54) is 6.92 Å². The molecular weight excluding hydrogens is 354 g/mol. The van der Waals surface area contributed by atoms with Crippen molar-refractivity contribution in [2.24, 2.45) is 0 Å². The van der Waals surface area contributed by atoms with Crippen LogP contribution in [-0.4, -0.2) is 62.0 Å². The molecule has 2 heterocycles. The molecule has 4 atom stereocenters. The number of nitrogens with one attached hydrogen (secondary N) is 3. The zero-order valence-corrected chi connectivity index (χ0v) is 15.2. The third-order valence-electron chi connectivity index (χ3n) is 4.46. The van der Waals surface area contributed by atoms with Crippen LogP contribution in [0.15, 0.2) is 24.3 Å². The summed E-state index contributed by atoms with van der Waals surface area (Å²) in [6, 6.07) is 5.94. The van der Waals surface area contributed by atoms with Crippen molar-refractivity contribution in [2.45, 2.75) is 38.2 Å². The Morgan fingerprint density at radius 1 is 1.11 bits per heavy atom. The van der Waals surface area contributed by atoms with Crippen molar-refractivity contribution < 1.29 is 28.6 Å². The zero-order chi connectivity index (χ0) is 19.4. The molecule has 9 heteroatoms. The number of ether oxygens (including phenoxy) is 3. The van der Waals surface area contributed by atoms with E-state index < -0.39 is 18.3 Å². The van der Waals surface area contributed by atoms with Gasteiger partial charge in [0.05, 0.1) is 19.3 Å². The number of benzene rings is 1. The summed E-state index contributed by atoms with van der Waals surface area (Å²) in [6.45, 7) is 4.31. The minimum atomic E-state index is -0.636. The number of rotatable bonds is 5. The number of ketones is 1. The van der Waals surface area contributed by atoms with E-state index in [1.54, 1.807) is 24.3 Å². The molecule has 2 aliphatic rings. The van der Waals surface area contributed by atoms with Crippen LogP contribution in [0.1, 0.15) is 24.2 Å². The quantitative estimate of drug-likeness (QED) is 0.666. The molecule has 1 aromatic rings. The Labute approximate surface area is 156 Å². The Morgan fingerprint density at radius 3 is 2.48 bits per heavy atom. The average molecular weight is 377 g/mol. The van der Waals surface area contributed by atoms with Crippen molar-refractivity contribution in [2.75, 3.05) is 25.1 Å². The number of carbonyl (C=O) groups is 3. The number of fused-ring (bicyclic) bond motifs is 1. The molecule has 3 N–H and O–H groups in total. The second-order valence-electron chi connectivity index (χ2n) is 6.41. The van der Waals surface area contributed by atoms with Crippen molar-refractivity contribution in [1.82, 2.24) is 10.6 Å². The summed E-state index contributed by atoms with van der Waals surface area (Å²) in [5, 5.41) is 8.06. The van der Waals surface area contributed by atoms with Crippen LogP contribution in [0.5, 0.6) is 0 Å². The molecule has 2 fully saturated rings. The minimum absolute atomic E-state index is 0.0487. The number of hydrogen-bond acceptors (Lipinski definition) is 6. The van der Waals surface area contributed by atoms with Gasteiger partial charge in [-0.25, -0.2) is 9.59 Å². The first kappa shape index (κ1) is 19.1. The number of anilines is 1. The molecule has 0 unspecified atom stereocenters. The number of urea groups is 1. The largest absolute Gasteiger partial charge is 0.441 e. The monoisotopic (exact) mass is 377 g/mol. The minimum Gasteiger partial charge on any atom is -0.441 e. The maximum absolute atomic E-state index is 12.1. The Bertz CT molecular complexity index is 708. The first-order valence-corrected chi connectivity index (χ1v) is 8.84. The van der Waals surface area contributed by atoms with Crippen LogP contribution < -0.4 is 16.0 Å². The highest BCUT2D eigenvalue weighted by atomic mass is 16.6. The van der Waals surface area contributed by atoms with Crippen LogP contribution in [0, 0.1) is 0 Å². The Balaban J connectivity index is 1.51. The predicted molar refractivity (Wildman–Crippen MR) is 95.8 cm³/mol. The maximum atomic E-state index is 12.1. The molecule has 3 rings (SSSR count). The third-order valence-corrected chi connectivity index (χ3v) is 4.46. The van der Waals surface area contributed by atoms with Gasteiger partial charge in [-0.05, 0) is 38.1 Å². The molecular formula is C18H23N3O6. The summed E-state index contributed by atoms with van der Waals surface area (Å²) in [4.78, 5) is 35.1. The van der Waals surface area contributed by atoms with Gasteiger partial charge in [0.1, 0.15) is 12.2 Å². The molecule has 146 valence electrons. The van der Waals surface area contributed by atoms with Gasteiger partial charge >= 0.3 is 12.1 Å². The molecule has 1 aromatic carbocycles. The number of hydrogen-bond donors (Lipinski definition) is 3. The van der Waals surface area contributed by atoms with Gasteiger partial charge in [0, 0.05) is 17.8 Å². The summed E-state index contributed by atoms with van der Waals surface area (Å²) < 4.78 is 16.7. The number of carbonyl (C=O) groups excluding carboxylic acids is 3. The number of amides is 3. The first-order valence-electron chi connectivity index (χ1n) is 8.84. The van der Waals surface area contributed by atoms with Gasteiger partial charge in [-0.3, -0.25) is 10.1 Å². The van der Waals surface area contributed by atoms with Crippen LogP contribution in [0.2, 0.25) is 0 Å². The smallest absolute Gasteiger partial charge is 0.412 e. The summed E-state index contributed by atoms with van der Waals surface area (Å²) in [5.41, 5.74) is 1.08. The van der Waals surface area contributed by atoms with Crippen LogP contribution >= 0.6 is 0 Å². The fourth-order valence-electron chi connectivity index (χ4n) is 3.14. The first-order chi connectivity index (χ1) is 13.0. The van der Waals surface area contributed by atoms with Crippen LogP contribution in [0.4, 0.5) is 15.3 Å². The number of Topliss-reactive ketones (excluding diaryl/α,β-unsaturated/α-hetero) is 1. The lowest BCUT2D eigenvalue weighted by Gasteiger charge is -2.18. The predicted octanol–water partition coefficient (Wildman–Crippen LogP) is 1.29. The molecule has 0 spiro atoms. The van der Waals surface area contributed by atoms with E-state index in [0.717, 1.165) is 0 Å². The van der Waals surface area contributed by atoms with Gasteiger partial charge in [-0.1, -0.05) is 0 Å². The van der Waals surface area contributed by atoms with E-state index in [9.17, 15) is 14.4 Å². The molecule has 0 aromatic heterocycles. The van der Waals surface area contributed by atoms with Crippen LogP contribution in [0.25, 0.3) is 0 Å². The van der Waals surface area contributed by atoms with E-state index in [1.807, 2.05) is 6.92 Å². The topological polar surface area (TPSA) is 115 Å². The molecule has 2 aliphatic heterocycles.